The molecule has 0 bridgehead atoms. The molecule has 1 aromatic rings. The number of alkyl halides is 2. The summed E-state index contributed by atoms with van der Waals surface area (Å²) < 4.78 is 27.0. The number of nitrogens with zero attached hydrogens (tertiary/aromatic N) is 1. The quantitative estimate of drug-likeness (QED) is 0.760. The SMILES string of the molecule is CC(C)C(c1ccccn1)(C(C)C)C(F)F. The summed E-state index contributed by atoms with van der Waals surface area (Å²) in [5.41, 5.74) is -0.656. The first-order valence-corrected chi connectivity index (χ1v) is 5.63. The summed E-state index contributed by atoms with van der Waals surface area (Å²) in [6.45, 7) is 7.34. The molecule has 0 atom stereocenters. The topological polar surface area (TPSA) is 12.9 Å². The molecule has 0 N–H and O–H groups in total. The van der Waals surface area contributed by atoms with E-state index >= 15 is 0 Å². The van der Waals surface area contributed by atoms with Crippen LogP contribution in [0.2, 0.25) is 0 Å². The molecule has 90 valence electrons. The Bertz CT molecular complexity index is 298. The van der Waals surface area contributed by atoms with Gasteiger partial charge in [-0.05, 0) is 24.0 Å². The lowest BCUT2D eigenvalue weighted by atomic mass is 9.66. The van der Waals surface area contributed by atoms with Crippen molar-refractivity contribution >= 4 is 0 Å². The van der Waals surface area contributed by atoms with E-state index in [2.05, 4.69) is 4.98 Å². The molecule has 0 saturated carbocycles. The number of hydrogen-bond donors (Lipinski definition) is 0. The van der Waals surface area contributed by atoms with Gasteiger partial charge in [0.1, 0.15) is 0 Å². The van der Waals surface area contributed by atoms with Gasteiger partial charge in [0.15, 0.2) is 0 Å². The molecule has 0 radical (unpaired) electrons. The van der Waals surface area contributed by atoms with Crippen molar-refractivity contribution in [2.75, 3.05) is 0 Å². The fourth-order valence-corrected chi connectivity index (χ4v) is 2.49. The van der Waals surface area contributed by atoms with Crippen LogP contribution in [-0.4, -0.2) is 11.4 Å². The van der Waals surface area contributed by atoms with E-state index in [0.717, 1.165) is 0 Å². The van der Waals surface area contributed by atoms with Crippen molar-refractivity contribution in [3.8, 4) is 0 Å². The van der Waals surface area contributed by atoms with Gasteiger partial charge in [-0.15, -0.1) is 0 Å². The monoisotopic (exact) mass is 227 g/mol. The van der Waals surface area contributed by atoms with Crippen LogP contribution < -0.4 is 0 Å². The van der Waals surface area contributed by atoms with Crippen LogP contribution in [0.15, 0.2) is 24.4 Å². The van der Waals surface area contributed by atoms with Crippen molar-refractivity contribution in [1.29, 1.82) is 0 Å². The van der Waals surface area contributed by atoms with E-state index in [0.29, 0.717) is 5.69 Å². The second-order valence-electron chi connectivity index (χ2n) is 4.76. The van der Waals surface area contributed by atoms with Crippen molar-refractivity contribution in [2.24, 2.45) is 11.8 Å². The molecule has 0 aliphatic heterocycles. The molecule has 1 rings (SSSR count). The number of rotatable bonds is 4. The van der Waals surface area contributed by atoms with Crippen molar-refractivity contribution in [2.45, 2.75) is 39.5 Å². The zero-order chi connectivity index (χ0) is 12.3. The smallest absolute Gasteiger partial charge is 0.250 e. The fraction of sp³-hybridized carbons (Fsp3) is 0.615. The summed E-state index contributed by atoms with van der Waals surface area (Å²) >= 11 is 0. The summed E-state index contributed by atoms with van der Waals surface area (Å²) in [6.07, 6.45) is -0.820. The molecule has 0 aromatic carbocycles. The van der Waals surface area contributed by atoms with E-state index in [-0.39, 0.29) is 11.8 Å². The standard InChI is InChI=1S/C13H19F2N/c1-9(2)13(10(3)4,12(14)15)11-7-5-6-8-16-11/h5-10,12H,1-4H3. The van der Waals surface area contributed by atoms with Crippen LogP contribution in [-0.2, 0) is 5.41 Å². The van der Waals surface area contributed by atoms with Crippen LogP contribution in [0.5, 0.6) is 0 Å². The first-order chi connectivity index (χ1) is 7.44. The fourth-order valence-electron chi connectivity index (χ4n) is 2.49. The summed E-state index contributed by atoms with van der Waals surface area (Å²) in [7, 11) is 0. The van der Waals surface area contributed by atoms with E-state index in [1.54, 1.807) is 24.4 Å². The zero-order valence-corrected chi connectivity index (χ0v) is 10.2. The number of aromatic nitrogens is 1. The Hall–Kier alpha value is -0.990. The van der Waals surface area contributed by atoms with Gasteiger partial charge in [-0.1, -0.05) is 33.8 Å². The lowest BCUT2D eigenvalue weighted by molar-refractivity contribution is -0.0115. The average Bonchev–Trinajstić information content (AvgIpc) is 2.18. The largest absolute Gasteiger partial charge is 0.260 e. The number of hydrogen-bond acceptors (Lipinski definition) is 1. The highest BCUT2D eigenvalue weighted by Gasteiger charge is 2.48. The van der Waals surface area contributed by atoms with Crippen molar-refractivity contribution in [1.82, 2.24) is 4.98 Å². The lowest BCUT2D eigenvalue weighted by Crippen LogP contribution is -2.45. The molecule has 0 saturated heterocycles. The molecule has 0 amide bonds. The summed E-state index contributed by atoms with van der Waals surface area (Å²) in [5.74, 6) is -0.301. The highest BCUT2D eigenvalue weighted by Crippen LogP contribution is 2.43. The predicted octanol–water partition coefficient (Wildman–Crippen LogP) is 3.90. The molecule has 0 spiro atoms. The minimum absolute atomic E-state index is 0.151. The second kappa shape index (κ2) is 4.89. The maximum atomic E-state index is 13.5. The van der Waals surface area contributed by atoms with Crippen LogP contribution >= 0.6 is 0 Å². The third-order valence-electron chi connectivity index (χ3n) is 3.38. The van der Waals surface area contributed by atoms with Crippen LogP contribution in [0.1, 0.15) is 33.4 Å². The Labute approximate surface area is 95.9 Å². The van der Waals surface area contributed by atoms with Crippen molar-refractivity contribution < 1.29 is 8.78 Å². The van der Waals surface area contributed by atoms with Gasteiger partial charge in [0, 0.05) is 6.20 Å². The molecule has 0 aliphatic carbocycles. The molecule has 0 aliphatic rings. The molecule has 1 aromatic heterocycles. The number of halogens is 2. The molecular formula is C13H19F2N. The third kappa shape index (κ3) is 1.95. The highest BCUT2D eigenvalue weighted by molar-refractivity contribution is 5.20. The van der Waals surface area contributed by atoms with E-state index in [1.165, 1.54) is 0 Å². The first-order valence-electron chi connectivity index (χ1n) is 5.63. The highest BCUT2D eigenvalue weighted by atomic mass is 19.3. The maximum absolute atomic E-state index is 13.5. The maximum Gasteiger partial charge on any atom is 0.250 e. The predicted molar refractivity (Wildman–Crippen MR) is 61.6 cm³/mol. The van der Waals surface area contributed by atoms with E-state index in [4.69, 9.17) is 0 Å². The van der Waals surface area contributed by atoms with Crippen LogP contribution in [0.3, 0.4) is 0 Å². The Morgan fingerprint density at radius 2 is 1.62 bits per heavy atom. The molecule has 1 nitrogen and oxygen atoms in total. The summed E-state index contributed by atoms with van der Waals surface area (Å²) in [6, 6.07) is 5.22. The Morgan fingerprint density at radius 1 is 1.06 bits per heavy atom. The van der Waals surface area contributed by atoms with Crippen LogP contribution in [0.25, 0.3) is 0 Å². The normalized spacial score (nSPS) is 12.8. The van der Waals surface area contributed by atoms with Gasteiger partial charge in [0.25, 0.3) is 0 Å². The summed E-state index contributed by atoms with van der Waals surface area (Å²) in [5, 5.41) is 0. The Kier molecular flexibility index (Phi) is 4.00. The minimum atomic E-state index is -2.40. The van der Waals surface area contributed by atoms with Gasteiger partial charge in [0.2, 0.25) is 6.43 Å². The van der Waals surface area contributed by atoms with Crippen molar-refractivity contribution in [3.63, 3.8) is 0 Å². The minimum Gasteiger partial charge on any atom is -0.260 e. The Balaban J connectivity index is 3.34. The third-order valence-corrected chi connectivity index (χ3v) is 3.38. The van der Waals surface area contributed by atoms with Gasteiger partial charge in [0.05, 0.1) is 11.1 Å². The molecule has 3 heteroatoms. The zero-order valence-electron chi connectivity index (χ0n) is 10.2. The molecule has 16 heavy (non-hydrogen) atoms. The van der Waals surface area contributed by atoms with Crippen LogP contribution in [0, 0.1) is 11.8 Å². The van der Waals surface area contributed by atoms with E-state index in [9.17, 15) is 8.78 Å². The number of pyridine rings is 1. The molecule has 0 unspecified atom stereocenters. The van der Waals surface area contributed by atoms with Gasteiger partial charge in [-0.2, -0.15) is 0 Å². The van der Waals surface area contributed by atoms with E-state index < -0.39 is 11.8 Å². The van der Waals surface area contributed by atoms with E-state index in [1.807, 2.05) is 27.7 Å². The molecule has 0 fully saturated rings. The van der Waals surface area contributed by atoms with Gasteiger partial charge in [-0.25, -0.2) is 8.78 Å². The van der Waals surface area contributed by atoms with Crippen LogP contribution in [0.4, 0.5) is 8.78 Å². The summed E-state index contributed by atoms with van der Waals surface area (Å²) in [4.78, 5) is 4.14. The molecule has 1 heterocycles. The Morgan fingerprint density at radius 3 is 1.94 bits per heavy atom. The average molecular weight is 227 g/mol. The molecular weight excluding hydrogens is 208 g/mol. The van der Waals surface area contributed by atoms with Gasteiger partial charge in [-0.3, -0.25) is 4.98 Å². The van der Waals surface area contributed by atoms with Crippen molar-refractivity contribution in [3.05, 3.63) is 30.1 Å². The second-order valence-corrected chi connectivity index (χ2v) is 4.76. The van der Waals surface area contributed by atoms with Gasteiger partial charge < -0.3 is 0 Å². The lowest BCUT2D eigenvalue weighted by Gasteiger charge is -2.40. The first kappa shape index (κ1) is 13.1. The van der Waals surface area contributed by atoms with Gasteiger partial charge >= 0.3 is 0 Å².